The molecule has 37 heavy (non-hydrogen) atoms. The van der Waals surface area contributed by atoms with Crippen LogP contribution in [-0.2, 0) is 14.3 Å². The smallest absolute Gasteiger partial charge is 0.223 e. The number of Topliss-reactive ketones (excluding diaryl/α,β-unsaturated/α-hetero) is 1. The first-order chi connectivity index (χ1) is 17.4. The van der Waals surface area contributed by atoms with Gasteiger partial charge in [0.2, 0.25) is 5.91 Å². The number of aliphatic hydroxyl groups is 2. The lowest BCUT2D eigenvalue weighted by molar-refractivity contribution is -0.146. The van der Waals surface area contributed by atoms with Crippen LogP contribution in [0.25, 0.3) is 6.08 Å². The number of hydrogen-bond donors (Lipinski definition) is 3. The highest BCUT2D eigenvalue weighted by Crippen LogP contribution is 2.32. The van der Waals surface area contributed by atoms with Crippen LogP contribution in [0.2, 0.25) is 0 Å². The molecular formula is C29H42N2O6. The first-order valence-corrected chi connectivity index (χ1v) is 12.8. The number of nitrogens with one attached hydrogen (secondary N) is 1. The summed E-state index contributed by atoms with van der Waals surface area (Å²) >= 11 is 0. The van der Waals surface area contributed by atoms with Crippen LogP contribution in [0.15, 0.2) is 27.9 Å². The molecular weight excluding hydrogens is 472 g/mol. The Balaban J connectivity index is 2.38. The van der Waals surface area contributed by atoms with Crippen molar-refractivity contribution in [1.29, 1.82) is 0 Å². The summed E-state index contributed by atoms with van der Waals surface area (Å²) in [4.78, 5) is 30.9. The Labute approximate surface area is 220 Å². The van der Waals surface area contributed by atoms with Gasteiger partial charge in [-0.3, -0.25) is 9.59 Å². The maximum absolute atomic E-state index is 13.6. The Kier molecular flexibility index (Phi) is 11.3. The van der Waals surface area contributed by atoms with Gasteiger partial charge in [-0.1, -0.05) is 25.5 Å². The molecule has 0 radical (unpaired) electrons. The molecule has 1 aliphatic rings. The summed E-state index contributed by atoms with van der Waals surface area (Å²) in [6.07, 6.45) is 3.56. The molecule has 1 aromatic rings. The van der Waals surface area contributed by atoms with Crippen molar-refractivity contribution in [2.75, 3.05) is 6.61 Å². The Hall–Kier alpha value is -2.73. The average molecular weight is 515 g/mol. The number of aliphatic hydroxyl groups excluding tert-OH is 2. The molecule has 0 unspecified atom stereocenters. The number of aromatic nitrogens is 1. The van der Waals surface area contributed by atoms with Crippen LogP contribution in [-0.4, -0.2) is 57.8 Å². The molecule has 0 aromatic carbocycles. The zero-order valence-corrected chi connectivity index (χ0v) is 23.1. The number of hydrogen-bond acceptors (Lipinski definition) is 7. The molecule has 0 saturated heterocycles. The predicted octanol–water partition coefficient (Wildman–Crippen LogP) is 3.75. The van der Waals surface area contributed by atoms with Gasteiger partial charge < -0.3 is 24.7 Å². The van der Waals surface area contributed by atoms with Crippen molar-refractivity contribution in [2.24, 2.45) is 11.3 Å². The summed E-state index contributed by atoms with van der Waals surface area (Å²) in [5.41, 5.74) is 1.32. The topological polar surface area (TPSA) is 122 Å². The first kappa shape index (κ1) is 30.5. The number of aryl methyl sites for hydroxylation is 1. The highest BCUT2D eigenvalue weighted by Gasteiger charge is 2.43. The van der Waals surface area contributed by atoms with Gasteiger partial charge in [-0.2, -0.15) is 0 Å². The quantitative estimate of drug-likeness (QED) is 0.415. The number of ether oxygens (including phenoxy) is 1. The molecule has 204 valence electrons. The van der Waals surface area contributed by atoms with Gasteiger partial charge in [-0.05, 0) is 52.2 Å². The van der Waals surface area contributed by atoms with Crippen molar-refractivity contribution in [3.8, 4) is 11.8 Å². The Morgan fingerprint density at radius 3 is 2.62 bits per heavy atom. The molecule has 0 spiro atoms. The van der Waals surface area contributed by atoms with Gasteiger partial charge in [0.05, 0.1) is 48.7 Å². The number of carbonyl (C=O) groups is 2. The van der Waals surface area contributed by atoms with E-state index in [0.29, 0.717) is 31.0 Å². The lowest BCUT2D eigenvalue weighted by atomic mass is 9.72. The maximum Gasteiger partial charge on any atom is 0.223 e. The van der Waals surface area contributed by atoms with Crippen molar-refractivity contribution in [3.63, 3.8) is 0 Å². The van der Waals surface area contributed by atoms with E-state index < -0.39 is 29.6 Å². The van der Waals surface area contributed by atoms with E-state index in [4.69, 9.17) is 9.15 Å². The van der Waals surface area contributed by atoms with Crippen LogP contribution in [0, 0.1) is 30.1 Å². The number of rotatable bonds is 3. The molecule has 5 atom stereocenters. The molecule has 2 rings (SSSR count). The first-order valence-electron chi connectivity index (χ1n) is 12.8. The number of ketones is 1. The van der Waals surface area contributed by atoms with Crippen molar-refractivity contribution in [2.45, 2.75) is 98.5 Å². The zero-order chi connectivity index (χ0) is 27.8. The van der Waals surface area contributed by atoms with Gasteiger partial charge in [0.15, 0.2) is 5.89 Å². The predicted molar refractivity (Wildman–Crippen MR) is 142 cm³/mol. The van der Waals surface area contributed by atoms with E-state index in [0.717, 1.165) is 11.1 Å². The second kappa shape index (κ2) is 13.7. The molecule has 3 N–H and O–H groups in total. The SMILES string of the molecule is CC#CC[C@H]1C(=O)C(C)(C)[C@@H](O)CC(=O)N[C@H](/C(C)=C/c2coc(C)n2)C/C=C(/C)CCO[C@H](C)[C@H]1O. The zero-order valence-electron chi connectivity index (χ0n) is 23.1. The van der Waals surface area contributed by atoms with E-state index in [1.807, 2.05) is 19.9 Å². The minimum Gasteiger partial charge on any atom is -0.449 e. The van der Waals surface area contributed by atoms with Crippen molar-refractivity contribution in [1.82, 2.24) is 10.3 Å². The molecule has 0 saturated carbocycles. The fraction of sp³-hybridized carbons (Fsp3) is 0.621. The van der Waals surface area contributed by atoms with Crippen LogP contribution < -0.4 is 5.32 Å². The molecule has 1 aromatic heterocycles. The van der Waals surface area contributed by atoms with Crippen LogP contribution >= 0.6 is 0 Å². The van der Waals surface area contributed by atoms with Gasteiger partial charge in [0.1, 0.15) is 17.7 Å². The molecule has 0 bridgehead atoms. The van der Waals surface area contributed by atoms with Crippen LogP contribution in [0.1, 0.15) is 78.8 Å². The second-order valence-electron chi connectivity index (χ2n) is 10.4. The Morgan fingerprint density at radius 2 is 2.00 bits per heavy atom. The summed E-state index contributed by atoms with van der Waals surface area (Å²) in [5, 5.41) is 25.0. The molecule has 0 fully saturated rings. The standard InChI is InChI=1S/C29H42N2O6/c1-8-9-10-23-27(34)20(4)36-14-13-18(2)11-12-24(19(3)15-22-17-37-21(5)30-22)31-26(33)16-25(32)29(6,7)28(23)35/h11,15,17,20,23-25,27,32,34H,10,12-14,16H2,1-7H3,(H,31,33)/b18-11-,19-15+/t20-,23-,24+,25+,27-/m1/s1. The highest BCUT2D eigenvalue weighted by atomic mass is 16.5. The monoisotopic (exact) mass is 514 g/mol. The van der Waals surface area contributed by atoms with Gasteiger partial charge in [-0.15, -0.1) is 11.8 Å². The lowest BCUT2D eigenvalue weighted by Gasteiger charge is -2.35. The largest absolute Gasteiger partial charge is 0.449 e. The summed E-state index contributed by atoms with van der Waals surface area (Å²) in [6, 6.07) is -0.340. The summed E-state index contributed by atoms with van der Waals surface area (Å²) in [7, 11) is 0. The van der Waals surface area contributed by atoms with E-state index in [2.05, 4.69) is 28.2 Å². The average Bonchev–Trinajstić information content (AvgIpc) is 3.24. The van der Waals surface area contributed by atoms with E-state index >= 15 is 0 Å². The third-order valence-corrected chi connectivity index (χ3v) is 7.05. The third kappa shape index (κ3) is 8.67. The minimum absolute atomic E-state index is 0.138. The van der Waals surface area contributed by atoms with Crippen molar-refractivity contribution in [3.05, 3.63) is 35.1 Å². The van der Waals surface area contributed by atoms with Gasteiger partial charge in [0.25, 0.3) is 0 Å². The Bertz CT molecular complexity index is 1060. The molecule has 1 aliphatic heterocycles. The van der Waals surface area contributed by atoms with Crippen LogP contribution in [0.4, 0.5) is 0 Å². The fourth-order valence-electron chi connectivity index (χ4n) is 4.30. The summed E-state index contributed by atoms with van der Waals surface area (Å²) in [5.74, 6) is 4.63. The van der Waals surface area contributed by atoms with E-state index in [1.165, 1.54) is 0 Å². The molecule has 8 nitrogen and oxygen atoms in total. The second-order valence-corrected chi connectivity index (χ2v) is 10.4. The number of nitrogens with zero attached hydrogens (tertiary/aromatic N) is 1. The lowest BCUT2D eigenvalue weighted by Crippen LogP contribution is -2.49. The van der Waals surface area contributed by atoms with E-state index in [-0.39, 0.29) is 30.6 Å². The minimum atomic E-state index is -1.29. The molecule has 2 heterocycles. The van der Waals surface area contributed by atoms with Crippen molar-refractivity contribution >= 4 is 17.8 Å². The summed E-state index contributed by atoms with van der Waals surface area (Å²) in [6.45, 7) is 12.6. The molecule has 0 aliphatic carbocycles. The maximum atomic E-state index is 13.6. The van der Waals surface area contributed by atoms with Crippen LogP contribution in [0.5, 0.6) is 0 Å². The Morgan fingerprint density at radius 1 is 1.30 bits per heavy atom. The fourth-order valence-corrected chi connectivity index (χ4v) is 4.30. The number of amides is 1. The summed E-state index contributed by atoms with van der Waals surface area (Å²) < 4.78 is 11.2. The number of oxazole rings is 1. The van der Waals surface area contributed by atoms with Crippen LogP contribution in [0.3, 0.4) is 0 Å². The number of carbonyl (C=O) groups excluding carboxylic acids is 2. The van der Waals surface area contributed by atoms with Gasteiger partial charge >= 0.3 is 0 Å². The van der Waals surface area contributed by atoms with Gasteiger partial charge in [0, 0.05) is 13.3 Å². The highest BCUT2D eigenvalue weighted by molar-refractivity contribution is 5.89. The molecule has 8 heteroatoms. The van der Waals surface area contributed by atoms with E-state index in [1.54, 1.807) is 40.9 Å². The van der Waals surface area contributed by atoms with Crippen molar-refractivity contribution < 1.29 is 29.0 Å². The van der Waals surface area contributed by atoms with Gasteiger partial charge in [-0.25, -0.2) is 4.98 Å². The third-order valence-electron chi connectivity index (χ3n) is 7.05. The normalized spacial score (nSPS) is 30.0. The molecule has 1 amide bonds. The van der Waals surface area contributed by atoms with E-state index in [9.17, 15) is 19.8 Å².